The summed E-state index contributed by atoms with van der Waals surface area (Å²) in [6.07, 6.45) is 54.0. The third kappa shape index (κ3) is 46.8. The molecule has 0 spiro atoms. The number of aliphatic hydroxyl groups is 1. The summed E-state index contributed by atoms with van der Waals surface area (Å²) in [4.78, 5) is 23.2. The fraction of sp³-hybridized carbons (Fsp3) is 0.904. The first-order valence-electron chi connectivity index (χ1n) is 26.2. The Labute approximate surface area is 379 Å². The van der Waals surface area contributed by atoms with Crippen LogP contribution in [0.15, 0.2) is 24.3 Å². The normalized spacial score (nSPS) is 14.3. The van der Waals surface area contributed by atoms with Crippen molar-refractivity contribution in [3.8, 4) is 0 Å². The molecule has 3 unspecified atom stereocenters. The van der Waals surface area contributed by atoms with E-state index in [1.54, 1.807) is 6.08 Å². The first-order chi connectivity index (χ1) is 29.5. The average molecular weight is 884 g/mol. The van der Waals surface area contributed by atoms with E-state index in [4.69, 9.17) is 9.05 Å². The number of carbonyl (C=O) groups excluding carboxylic acids is 1. The van der Waals surface area contributed by atoms with Gasteiger partial charge in [-0.1, -0.05) is 224 Å². The fourth-order valence-electron chi connectivity index (χ4n) is 7.74. The summed E-state index contributed by atoms with van der Waals surface area (Å²) in [5, 5.41) is 13.9. The number of phosphoric ester groups is 1. The van der Waals surface area contributed by atoms with Gasteiger partial charge in [-0.3, -0.25) is 13.8 Å². The van der Waals surface area contributed by atoms with E-state index in [0.29, 0.717) is 17.4 Å². The van der Waals surface area contributed by atoms with E-state index >= 15 is 0 Å². The first-order valence-corrected chi connectivity index (χ1v) is 27.7. The molecule has 362 valence electrons. The van der Waals surface area contributed by atoms with Crippen LogP contribution in [0.5, 0.6) is 0 Å². The van der Waals surface area contributed by atoms with Crippen molar-refractivity contribution in [2.75, 3.05) is 40.9 Å². The van der Waals surface area contributed by atoms with Gasteiger partial charge < -0.3 is 19.8 Å². The number of likely N-dealkylation sites (N-methyl/N-ethyl adjacent to an activating group) is 1. The van der Waals surface area contributed by atoms with E-state index < -0.39 is 20.0 Å². The molecule has 0 bridgehead atoms. The predicted octanol–water partition coefficient (Wildman–Crippen LogP) is 15.3. The number of unbranched alkanes of at least 4 members (excludes halogenated alkanes) is 33. The Morgan fingerprint density at radius 1 is 0.541 bits per heavy atom. The van der Waals surface area contributed by atoms with Crippen LogP contribution < -0.4 is 5.32 Å². The van der Waals surface area contributed by atoms with Crippen LogP contribution in [0.2, 0.25) is 0 Å². The minimum absolute atomic E-state index is 0.0621. The van der Waals surface area contributed by atoms with Gasteiger partial charge in [0, 0.05) is 6.42 Å². The van der Waals surface area contributed by atoms with Crippen molar-refractivity contribution in [1.82, 2.24) is 5.32 Å². The number of amides is 1. The van der Waals surface area contributed by atoms with E-state index in [-0.39, 0.29) is 19.1 Å². The topological polar surface area (TPSA) is 105 Å². The molecule has 3 atom stereocenters. The molecule has 0 fully saturated rings. The zero-order valence-corrected chi connectivity index (χ0v) is 42.1. The molecule has 9 heteroatoms. The second-order valence-corrected chi connectivity index (χ2v) is 20.7. The summed E-state index contributed by atoms with van der Waals surface area (Å²) >= 11 is 0. The van der Waals surface area contributed by atoms with Crippen molar-refractivity contribution in [3.63, 3.8) is 0 Å². The Balaban J connectivity index is 4.29. The van der Waals surface area contributed by atoms with Gasteiger partial charge in [0.15, 0.2) is 0 Å². The van der Waals surface area contributed by atoms with Crippen molar-refractivity contribution in [2.45, 2.75) is 264 Å². The smallest absolute Gasteiger partial charge is 0.387 e. The summed E-state index contributed by atoms with van der Waals surface area (Å²) in [6.45, 7) is 4.84. The third-order valence-electron chi connectivity index (χ3n) is 11.9. The Bertz CT molecular complexity index is 1050. The highest BCUT2D eigenvalue weighted by Crippen LogP contribution is 2.43. The molecule has 0 saturated carbocycles. The Morgan fingerprint density at radius 2 is 0.885 bits per heavy atom. The Morgan fingerprint density at radius 3 is 1.26 bits per heavy atom. The molecule has 8 nitrogen and oxygen atoms in total. The SMILES string of the molecule is CCCCCCCCCCCC/C=C\CCCCCCCCCC(=O)NC(COP(=O)(O)OCC[N+](C)(C)C)C(O)/C=C/CCCCCCCCCCCCCCCCCC. The van der Waals surface area contributed by atoms with Gasteiger partial charge in [0.25, 0.3) is 0 Å². The van der Waals surface area contributed by atoms with Crippen molar-refractivity contribution in [2.24, 2.45) is 0 Å². The number of rotatable bonds is 48. The van der Waals surface area contributed by atoms with Gasteiger partial charge in [-0.15, -0.1) is 0 Å². The molecule has 1 amide bonds. The van der Waals surface area contributed by atoms with Crippen LogP contribution in [0.25, 0.3) is 0 Å². The zero-order valence-electron chi connectivity index (χ0n) is 41.2. The molecule has 0 aromatic rings. The van der Waals surface area contributed by atoms with Crippen LogP contribution >= 0.6 is 7.82 Å². The molecule has 0 rings (SSSR count). The van der Waals surface area contributed by atoms with Gasteiger partial charge in [0.2, 0.25) is 5.91 Å². The van der Waals surface area contributed by atoms with Crippen molar-refractivity contribution < 1.29 is 32.9 Å². The molecule has 3 N–H and O–H groups in total. The van der Waals surface area contributed by atoms with Crippen LogP contribution in [-0.4, -0.2) is 73.4 Å². The first kappa shape index (κ1) is 60.0. The molecule has 0 aromatic carbocycles. The van der Waals surface area contributed by atoms with E-state index in [0.717, 1.165) is 38.5 Å². The van der Waals surface area contributed by atoms with E-state index in [1.807, 2.05) is 27.2 Å². The van der Waals surface area contributed by atoms with Crippen LogP contribution in [0.3, 0.4) is 0 Å². The molecule has 0 radical (unpaired) electrons. The number of carbonyl (C=O) groups is 1. The number of nitrogens with one attached hydrogen (secondary N) is 1. The zero-order chi connectivity index (χ0) is 45.0. The molecule has 0 aliphatic carbocycles. The van der Waals surface area contributed by atoms with Gasteiger partial charge in [-0.05, 0) is 44.9 Å². The Kier molecular flexibility index (Phi) is 43.5. The molecule has 0 heterocycles. The maximum atomic E-state index is 12.9. The maximum absolute atomic E-state index is 12.9. The Hall–Kier alpha value is -1.02. The molecule has 0 aliphatic rings. The van der Waals surface area contributed by atoms with Gasteiger partial charge >= 0.3 is 7.82 Å². The summed E-state index contributed by atoms with van der Waals surface area (Å²) in [5.74, 6) is -0.179. The van der Waals surface area contributed by atoms with Crippen LogP contribution in [0, 0.1) is 0 Å². The molecule has 0 aliphatic heterocycles. The summed E-state index contributed by atoms with van der Waals surface area (Å²) in [5.41, 5.74) is 0. The van der Waals surface area contributed by atoms with Gasteiger partial charge in [0.05, 0.1) is 39.9 Å². The average Bonchev–Trinajstić information content (AvgIpc) is 3.21. The van der Waals surface area contributed by atoms with Gasteiger partial charge in [-0.2, -0.15) is 0 Å². The molecule has 61 heavy (non-hydrogen) atoms. The van der Waals surface area contributed by atoms with Crippen molar-refractivity contribution in [3.05, 3.63) is 24.3 Å². The number of hydrogen-bond donors (Lipinski definition) is 3. The van der Waals surface area contributed by atoms with Crippen LogP contribution in [0.4, 0.5) is 0 Å². The lowest BCUT2D eigenvalue weighted by Crippen LogP contribution is -2.45. The van der Waals surface area contributed by atoms with Gasteiger partial charge in [-0.25, -0.2) is 4.57 Å². The highest BCUT2D eigenvalue weighted by atomic mass is 31.2. The van der Waals surface area contributed by atoms with Crippen LogP contribution in [0.1, 0.15) is 251 Å². The second kappa shape index (κ2) is 44.2. The lowest BCUT2D eigenvalue weighted by molar-refractivity contribution is -0.870. The minimum atomic E-state index is -4.34. The lowest BCUT2D eigenvalue weighted by atomic mass is 10.0. The van der Waals surface area contributed by atoms with E-state index in [2.05, 4.69) is 31.3 Å². The van der Waals surface area contributed by atoms with E-state index in [1.165, 1.54) is 193 Å². The van der Waals surface area contributed by atoms with Gasteiger partial charge in [0.1, 0.15) is 13.2 Å². The quantitative estimate of drug-likeness (QED) is 0.0243. The third-order valence-corrected chi connectivity index (χ3v) is 12.9. The van der Waals surface area contributed by atoms with Crippen molar-refractivity contribution in [1.29, 1.82) is 0 Å². The number of hydrogen-bond acceptors (Lipinski definition) is 5. The fourth-order valence-corrected chi connectivity index (χ4v) is 8.48. The molecular weight excluding hydrogens is 780 g/mol. The largest absolute Gasteiger partial charge is 0.472 e. The molecule has 0 aromatic heterocycles. The maximum Gasteiger partial charge on any atom is 0.472 e. The number of phosphoric acid groups is 1. The number of aliphatic hydroxyl groups excluding tert-OH is 1. The standard InChI is InChI=1S/C52H103N2O6P/c1-6-8-10-12-14-16-18-20-22-24-26-27-28-30-32-34-36-38-40-42-44-46-52(56)53-50(49-60-61(57,58)59-48-47-54(3,4)5)51(55)45-43-41-39-37-35-33-31-29-25-23-21-19-17-15-13-11-9-7-2/h27-28,43,45,50-51,55H,6-26,29-42,44,46-49H2,1-5H3,(H-,53,56,57,58)/p+1/b28-27-,45-43+. The minimum Gasteiger partial charge on any atom is -0.387 e. The second-order valence-electron chi connectivity index (χ2n) is 19.3. The van der Waals surface area contributed by atoms with Crippen LogP contribution in [-0.2, 0) is 18.4 Å². The highest BCUT2D eigenvalue weighted by molar-refractivity contribution is 7.47. The molecule has 0 saturated heterocycles. The number of nitrogens with zero attached hydrogens (tertiary/aromatic N) is 1. The summed E-state index contributed by atoms with van der Waals surface area (Å²) < 4.78 is 23.7. The highest BCUT2D eigenvalue weighted by Gasteiger charge is 2.27. The number of quaternary nitrogens is 1. The monoisotopic (exact) mass is 884 g/mol. The van der Waals surface area contributed by atoms with E-state index in [9.17, 15) is 19.4 Å². The van der Waals surface area contributed by atoms with Crippen molar-refractivity contribution >= 4 is 13.7 Å². The summed E-state index contributed by atoms with van der Waals surface area (Å²) in [7, 11) is 1.58. The predicted molar refractivity (Wildman–Crippen MR) is 263 cm³/mol. The summed E-state index contributed by atoms with van der Waals surface area (Å²) in [6, 6.07) is -0.846. The lowest BCUT2D eigenvalue weighted by Gasteiger charge is -2.25. The number of allylic oxidation sites excluding steroid dienone is 3. The molecular formula is C52H104N2O6P+.